The second kappa shape index (κ2) is 7.38. The number of phenolic OH excluding ortho intramolecular Hbond substituents is 1. The molecule has 1 atom stereocenters. The monoisotopic (exact) mass is 338 g/mol. The minimum atomic E-state index is -0.245. The zero-order valence-electron chi connectivity index (χ0n) is 14.2. The van der Waals surface area contributed by atoms with Gasteiger partial charge in [-0.15, -0.1) is 0 Å². The van der Waals surface area contributed by atoms with Gasteiger partial charge in [0.1, 0.15) is 5.75 Å². The number of carbonyl (C=O) groups excluding carboxylic acids is 2. The van der Waals surface area contributed by atoms with Crippen LogP contribution in [0.4, 0.5) is 5.69 Å². The molecule has 1 saturated heterocycles. The van der Waals surface area contributed by atoms with Gasteiger partial charge in [0, 0.05) is 18.8 Å². The largest absolute Gasteiger partial charge is 0.507 e. The Morgan fingerprint density at radius 1 is 1.16 bits per heavy atom. The fourth-order valence-electron chi connectivity index (χ4n) is 3.13. The lowest BCUT2D eigenvalue weighted by Crippen LogP contribution is -2.43. The number of amides is 2. The number of carbonyl (C=O) groups is 2. The Hall–Kier alpha value is -2.82. The van der Waals surface area contributed by atoms with Crippen LogP contribution in [0.25, 0.3) is 0 Å². The van der Waals surface area contributed by atoms with Crippen molar-refractivity contribution in [2.75, 3.05) is 18.4 Å². The normalized spacial score (nSPS) is 17.2. The van der Waals surface area contributed by atoms with E-state index in [2.05, 4.69) is 5.32 Å². The maximum absolute atomic E-state index is 12.7. The smallest absolute Gasteiger partial charge is 0.257 e. The Balaban J connectivity index is 1.68. The Bertz CT molecular complexity index is 774. The molecule has 0 spiro atoms. The van der Waals surface area contributed by atoms with Gasteiger partial charge in [-0.05, 0) is 49.6 Å². The number of hydrogen-bond donors (Lipinski definition) is 2. The fourth-order valence-corrected chi connectivity index (χ4v) is 3.13. The lowest BCUT2D eigenvalue weighted by atomic mass is 9.96. The number of benzene rings is 2. The van der Waals surface area contributed by atoms with Crippen molar-refractivity contribution in [2.24, 2.45) is 5.92 Å². The number of aryl methyl sites for hydroxylation is 1. The summed E-state index contributed by atoms with van der Waals surface area (Å²) in [7, 11) is 0. The highest BCUT2D eigenvalue weighted by Gasteiger charge is 2.29. The number of nitrogens with zero attached hydrogens (tertiary/aromatic N) is 1. The first-order valence-corrected chi connectivity index (χ1v) is 8.49. The second-order valence-corrected chi connectivity index (χ2v) is 6.47. The van der Waals surface area contributed by atoms with Crippen molar-refractivity contribution in [3.63, 3.8) is 0 Å². The molecule has 0 aromatic heterocycles. The summed E-state index contributed by atoms with van der Waals surface area (Å²) < 4.78 is 0. The molecule has 2 aromatic carbocycles. The van der Waals surface area contributed by atoms with Gasteiger partial charge in [0.05, 0.1) is 11.5 Å². The minimum absolute atomic E-state index is 0.0131. The molecule has 5 heteroatoms. The third-order valence-corrected chi connectivity index (χ3v) is 4.50. The van der Waals surface area contributed by atoms with Crippen LogP contribution in [-0.2, 0) is 4.79 Å². The molecule has 0 bridgehead atoms. The van der Waals surface area contributed by atoms with Gasteiger partial charge >= 0.3 is 0 Å². The number of rotatable bonds is 3. The van der Waals surface area contributed by atoms with Crippen molar-refractivity contribution in [2.45, 2.75) is 19.8 Å². The molecule has 2 N–H and O–H groups in total. The van der Waals surface area contributed by atoms with Crippen molar-refractivity contribution in [3.05, 3.63) is 59.7 Å². The molecule has 0 aliphatic carbocycles. The molecule has 0 radical (unpaired) electrons. The van der Waals surface area contributed by atoms with E-state index in [0.29, 0.717) is 13.1 Å². The summed E-state index contributed by atoms with van der Waals surface area (Å²) in [5.74, 6) is -0.558. The second-order valence-electron chi connectivity index (χ2n) is 6.47. The molecule has 5 nitrogen and oxygen atoms in total. The number of likely N-dealkylation sites (tertiary alicyclic amines) is 1. The van der Waals surface area contributed by atoms with Crippen LogP contribution in [0.1, 0.15) is 28.8 Å². The van der Waals surface area contributed by atoms with E-state index in [-0.39, 0.29) is 29.0 Å². The first-order chi connectivity index (χ1) is 12.0. The molecule has 3 rings (SSSR count). The molecule has 1 heterocycles. The van der Waals surface area contributed by atoms with E-state index in [1.165, 1.54) is 0 Å². The predicted molar refractivity (Wildman–Crippen MR) is 96.5 cm³/mol. The van der Waals surface area contributed by atoms with Gasteiger partial charge in [0.15, 0.2) is 0 Å². The molecule has 2 aromatic rings. The third kappa shape index (κ3) is 3.99. The van der Waals surface area contributed by atoms with Gasteiger partial charge in [-0.25, -0.2) is 0 Å². The van der Waals surface area contributed by atoms with Crippen LogP contribution in [0.2, 0.25) is 0 Å². The fraction of sp³-hybridized carbons (Fsp3) is 0.300. The highest BCUT2D eigenvalue weighted by Crippen LogP contribution is 2.24. The number of phenols is 1. The molecule has 1 aliphatic rings. The van der Waals surface area contributed by atoms with Gasteiger partial charge in [0.2, 0.25) is 5.91 Å². The molecular weight excluding hydrogens is 316 g/mol. The maximum Gasteiger partial charge on any atom is 0.257 e. The first-order valence-electron chi connectivity index (χ1n) is 8.49. The summed E-state index contributed by atoms with van der Waals surface area (Å²) in [5.41, 5.74) is 1.94. The summed E-state index contributed by atoms with van der Waals surface area (Å²) in [6.07, 6.45) is 1.52. The van der Waals surface area contributed by atoms with Gasteiger partial charge in [-0.1, -0.05) is 24.3 Å². The zero-order valence-corrected chi connectivity index (χ0v) is 14.2. The van der Waals surface area contributed by atoms with Gasteiger partial charge in [0.25, 0.3) is 5.91 Å². The average molecular weight is 338 g/mol. The maximum atomic E-state index is 12.7. The average Bonchev–Trinajstić information content (AvgIpc) is 2.62. The van der Waals surface area contributed by atoms with E-state index in [1.807, 2.05) is 37.3 Å². The minimum Gasteiger partial charge on any atom is -0.507 e. The highest BCUT2D eigenvalue weighted by atomic mass is 16.3. The molecule has 1 unspecified atom stereocenters. The molecule has 0 saturated carbocycles. The third-order valence-electron chi connectivity index (χ3n) is 4.50. The molecule has 1 fully saturated rings. The number of hydrogen-bond acceptors (Lipinski definition) is 3. The van der Waals surface area contributed by atoms with Gasteiger partial charge in [-0.3, -0.25) is 9.59 Å². The lowest BCUT2D eigenvalue weighted by Gasteiger charge is -2.32. The topological polar surface area (TPSA) is 69.6 Å². The Morgan fingerprint density at radius 3 is 2.64 bits per heavy atom. The zero-order chi connectivity index (χ0) is 17.8. The Labute approximate surface area is 147 Å². The highest BCUT2D eigenvalue weighted by molar-refractivity contribution is 5.98. The standard InChI is InChI=1S/C20H22N2O3/c1-14-9-10-17(18(23)12-14)20(25)22-11-5-6-15(13-22)19(24)21-16-7-3-2-4-8-16/h2-4,7-10,12,15,23H,5-6,11,13H2,1H3,(H,21,24). The van der Waals surface area contributed by atoms with E-state index < -0.39 is 0 Å². The molecule has 25 heavy (non-hydrogen) atoms. The first kappa shape index (κ1) is 17.0. The van der Waals surface area contributed by atoms with E-state index in [0.717, 1.165) is 24.1 Å². The molecule has 2 amide bonds. The number of aromatic hydroxyl groups is 1. The SMILES string of the molecule is Cc1ccc(C(=O)N2CCCC(C(=O)Nc3ccccc3)C2)c(O)c1. The van der Waals surface area contributed by atoms with Crippen molar-refractivity contribution in [1.29, 1.82) is 0 Å². The van der Waals surface area contributed by atoms with Crippen molar-refractivity contribution in [1.82, 2.24) is 4.90 Å². The van der Waals surface area contributed by atoms with E-state index in [4.69, 9.17) is 0 Å². The number of nitrogens with one attached hydrogen (secondary N) is 1. The summed E-state index contributed by atoms with van der Waals surface area (Å²) in [6.45, 7) is 2.82. The lowest BCUT2D eigenvalue weighted by molar-refractivity contribution is -0.121. The predicted octanol–water partition coefficient (Wildman–Crippen LogP) is 3.19. The number of anilines is 1. The van der Waals surface area contributed by atoms with Crippen LogP contribution in [0, 0.1) is 12.8 Å². The van der Waals surface area contributed by atoms with Crippen LogP contribution in [-0.4, -0.2) is 34.9 Å². The summed E-state index contributed by atoms with van der Waals surface area (Å²) in [4.78, 5) is 26.8. The van der Waals surface area contributed by atoms with Crippen molar-refractivity contribution >= 4 is 17.5 Å². The molecular formula is C20H22N2O3. The van der Waals surface area contributed by atoms with Crippen LogP contribution < -0.4 is 5.32 Å². The Kier molecular flexibility index (Phi) is 5.03. The van der Waals surface area contributed by atoms with Crippen molar-refractivity contribution in [3.8, 4) is 5.75 Å². The summed E-state index contributed by atoms with van der Waals surface area (Å²) in [6, 6.07) is 14.3. The van der Waals surface area contributed by atoms with Crippen LogP contribution in [0.15, 0.2) is 48.5 Å². The van der Waals surface area contributed by atoms with Gasteiger partial charge in [-0.2, -0.15) is 0 Å². The quantitative estimate of drug-likeness (QED) is 0.903. The van der Waals surface area contributed by atoms with Crippen LogP contribution >= 0.6 is 0 Å². The Morgan fingerprint density at radius 2 is 1.92 bits per heavy atom. The van der Waals surface area contributed by atoms with Gasteiger partial charge < -0.3 is 15.3 Å². The van der Waals surface area contributed by atoms with E-state index in [9.17, 15) is 14.7 Å². The number of piperidine rings is 1. The summed E-state index contributed by atoms with van der Waals surface area (Å²) in [5, 5.41) is 12.9. The van der Waals surface area contributed by atoms with Crippen LogP contribution in [0.3, 0.4) is 0 Å². The summed E-state index contributed by atoms with van der Waals surface area (Å²) >= 11 is 0. The number of para-hydroxylation sites is 1. The van der Waals surface area contributed by atoms with E-state index >= 15 is 0 Å². The molecule has 1 aliphatic heterocycles. The van der Waals surface area contributed by atoms with Crippen LogP contribution in [0.5, 0.6) is 5.75 Å². The molecule has 130 valence electrons. The van der Waals surface area contributed by atoms with E-state index in [1.54, 1.807) is 23.1 Å². The van der Waals surface area contributed by atoms with Crippen molar-refractivity contribution < 1.29 is 14.7 Å².